The Labute approximate surface area is 108 Å². The maximum absolute atomic E-state index is 8.99. The number of aliphatic hydroxyl groups excluding tert-OH is 1. The molecule has 0 amide bonds. The minimum Gasteiger partial charge on any atom is -0.473 e. The van der Waals surface area contributed by atoms with Crippen LogP contribution in [0.2, 0.25) is 0 Å². The molecule has 4 N–H and O–H groups in total. The van der Waals surface area contributed by atoms with E-state index in [9.17, 15) is 0 Å². The number of aliphatic hydroxyl groups is 1. The predicted molar refractivity (Wildman–Crippen MR) is 73.8 cm³/mol. The monoisotopic (exact) mass is 253 g/mol. The van der Waals surface area contributed by atoms with Gasteiger partial charge < -0.3 is 20.9 Å². The van der Waals surface area contributed by atoms with Crippen LogP contribution >= 0.6 is 0 Å². The van der Waals surface area contributed by atoms with Crippen LogP contribution < -0.4 is 15.8 Å². The fourth-order valence-electron chi connectivity index (χ4n) is 1.53. The van der Waals surface area contributed by atoms with Gasteiger partial charge in [-0.1, -0.05) is 0 Å². The number of hydrogen-bond acceptors (Lipinski definition) is 5. The van der Waals surface area contributed by atoms with Crippen LogP contribution in [-0.4, -0.2) is 28.3 Å². The molecule has 5 nitrogen and oxygen atoms in total. The quantitative estimate of drug-likeness (QED) is 0.722. The molecule has 0 saturated heterocycles. The van der Waals surface area contributed by atoms with Gasteiger partial charge in [0.2, 0.25) is 5.88 Å². The largest absolute Gasteiger partial charge is 0.473 e. The Hall–Kier alpha value is -1.49. The molecule has 0 bridgehead atoms. The van der Waals surface area contributed by atoms with Crippen LogP contribution in [0, 0.1) is 0 Å². The third kappa shape index (κ3) is 4.41. The Kier molecular flexibility index (Phi) is 4.78. The number of pyridine rings is 1. The molecule has 0 radical (unpaired) electrons. The van der Waals surface area contributed by atoms with Gasteiger partial charge in [-0.25, -0.2) is 0 Å². The summed E-state index contributed by atoms with van der Waals surface area (Å²) < 4.78 is 5.53. The van der Waals surface area contributed by atoms with E-state index in [2.05, 4.69) is 10.3 Å². The minimum atomic E-state index is -0.229. The van der Waals surface area contributed by atoms with Crippen molar-refractivity contribution in [1.82, 2.24) is 4.98 Å². The second-order valence-electron chi connectivity index (χ2n) is 5.24. The van der Waals surface area contributed by atoms with E-state index in [0.717, 1.165) is 0 Å². The molecule has 0 spiro atoms. The zero-order valence-corrected chi connectivity index (χ0v) is 11.5. The molecule has 5 heteroatoms. The van der Waals surface area contributed by atoms with E-state index in [0.29, 0.717) is 23.8 Å². The molecule has 1 heterocycles. The normalized spacial score (nSPS) is 11.7. The summed E-state index contributed by atoms with van der Waals surface area (Å²) in [4.78, 5) is 4.34. The average Bonchev–Trinajstić information content (AvgIpc) is 2.21. The molecule has 0 aromatic carbocycles. The van der Waals surface area contributed by atoms with Gasteiger partial charge in [-0.05, 0) is 46.2 Å². The summed E-state index contributed by atoms with van der Waals surface area (Å²) in [6.45, 7) is 7.99. The third-order valence-electron chi connectivity index (χ3n) is 2.44. The molecule has 0 aliphatic rings. The molecule has 1 rings (SSSR count). The maximum Gasteiger partial charge on any atom is 0.239 e. The van der Waals surface area contributed by atoms with Gasteiger partial charge in [0.1, 0.15) is 5.82 Å². The summed E-state index contributed by atoms with van der Waals surface area (Å²) in [5, 5.41) is 12.2. The van der Waals surface area contributed by atoms with Gasteiger partial charge >= 0.3 is 0 Å². The van der Waals surface area contributed by atoms with E-state index >= 15 is 0 Å². The number of nitrogen functional groups attached to an aromatic ring is 1. The SMILES string of the molecule is CC(C)Oc1nc(NC(C)(C)CCO)ccc1N. The van der Waals surface area contributed by atoms with Crippen LogP contribution in [-0.2, 0) is 0 Å². The van der Waals surface area contributed by atoms with Crippen LogP contribution in [0.25, 0.3) is 0 Å². The molecule has 18 heavy (non-hydrogen) atoms. The molecular weight excluding hydrogens is 230 g/mol. The van der Waals surface area contributed by atoms with Crippen molar-refractivity contribution in [2.24, 2.45) is 0 Å². The van der Waals surface area contributed by atoms with Crippen LogP contribution in [0.1, 0.15) is 34.1 Å². The lowest BCUT2D eigenvalue weighted by atomic mass is 10.0. The first-order valence-electron chi connectivity index (χ1n) is 6.16. The standard InChI is InChI=1S/C13H23N3O2/c1-9(2)18-12-10(14)5-6-11(15-12)16-13(3,4)7-8-17/h5-6,9,17H,7-8,14H2,1-4H3,(H,15,16). The molecular formula is C13H23N3O2. The van der Waals surface area contributed by atoms with Gasteiger partial charge in [0.05, 0.1) is 11.8 Å². The Morgan fingerprint density at radius 2 is 2.11 bits per heavy atom. The number of nitrogens with zero attached hydrogens (tertiary/aromatic N) is 1. The van der Waals surface area contributed by atoms with Crippen molar-refractivity contribution in [3.63, 3.8) is 0 Å². The highest BCUT2D eigenvalue weighted by Gasteiger charge is 2.18. The van der Waals surface area contributed by atoms with E-state index < -0.39 is 0 Å². The number of nitrogens with one attached hydrogen (secondary N) is 1. The van der Waals surface area contributed by atoms with E-state index in [4.69, 9.17) is 15.6 Å². The third-order valence-corrected chi connectivity index (χ3v) is 2.44. The summed E-state index contributed by atoms with van der Waals surface area (Å²) in [6.07, 6.45) is 0.667. The zero-order chi connectivity index (χ0) is 13.8. The lowest BCUT2D eigenvalue weighted by Crippen LogP contribution is -2.32. The highest BCUT2D eigenvalue weighted by Crippen LogP contribution is 2.24. The first kappa shape index (κ1) is 14.6. The fourth-order valence-corrected chi connectivity index (χ4v) is 1.53. The van der Waals surface area contributed by atoms with Crippen molar-refractivity contribution >= 4 is 11.5 Å². The summed E-state index contributed by atoms with van der Waals surface area (Å²) >= 11 is 0. The average molecular weight is 253 g/mol. The molecule has 1 aromatic rings. The molecule has 0 fully saturated rings. The molecule has 0 unspecified atom stereocenters. The summed E-state index contributed by atoms with van der Waals surface area (Å²) in [6, 6.07) is 3.57. The Balaban J connectivity index is 2.84. The lowest BCUT2D eigenvalue weighted by Gasteiger charge is -2.26. The highest BCUT2D eigenvalue weighted by molar-refractivity contribution is 5.54. The zero-order valence-electron chi connectivity index (χ0n) is 11.5. The van der Waals surface area contributed by atoms with Crippen molar-refractivity contribution < 1.29 is 9.84 Å². The first-order chi connectivity index (χ1) is 8.34. The van der Waals surface area contributed by atoms with Crippen LogP contribution in [0.4, 0.5) is 11.5 Å². The highest BCUT2D eigenvalue weighted by atomic mass is 16.5. The van der Waals surface area contributed by atoms with Crippen molar-refractivity contribution in [1.29, 1.82) is 0 Å². The minimum absolute atomic E-state index is 0.0282. The molecule has 1 aromatic heterocycles. The number of hydrogen-bond donors (Lipinski definition) is 3. The van der Waals surface area contributed by atoms with Gasteiger partial charge in [0, 0.05) is 12.1 Å². The van der Waals surface area contributed by atoms with Gasteiger partial charge in [-0.2, -0.15) is 4.98 Å². The van der Waals surface area contributed by atoms with Gasteiger partial charge in [-0.3, -0.25) is 0 Å². The van der Waals surface area contributed by atoms with Gasteiger partial charge in [0.15, 0.2) is 0 Å². The Bertz CT molecular complexity index is 392. The predicted octanol–water partition coefficient (Wildman–Crippen LogP) is 2.02. The second-order valence-corrected chi connectivity index (χ2v) is 5.24. The van der Waals surface area contributed by atoms with Gasteiger partial charge in [0.25, 0.3) is 0 Å². The van der Waals surface area contributed by atoms with Crippen LogP contribution in [0.3, 0.4) is 0 Å². The lowest BCUT2D eigenvalue weighted by molar-refractivity contribution is 0.234. The van der Waals surface area contributed by atoms with E-state index in [1.54, 1.807) is 6.07 Å². The Morgan fingerprint density at radius 1 is 1.44 bits per heavy atom. The summed E-state index contributed by atoms with van der Waals surface area (Å²) in [7, 11) is 0. The smallest absolute Gasteiger partial charge is 0.239 e. The molecule has 0 saturated carbocycles. The van der Waals surface area contributed by atoms with Crippen molar-refractivity contribution in [3.8, 4) is 5.88 Å². The number of anilines is 2. The van der Waals surface area contributed by atoms with E-state index in [-0.39, 0.29) is 18.2 Å². The van der Waals surface area contributed by atoms with Crippen molar-refractivity contribution in [2.45, 2.75) is 45.8 Å². The van der Waals surface area contributed by atoms with E-state index in [1.807, 2.05) is 33.8 Å². The number of aromatic nitrogens is 1. The first-order valence-corrected chi connectivity index (χ1v) is 6.16. The summed E-state index contributed by atoms with van der Waals surface area (Å²) in [5.41, 5.74) is 6.10. The van der Waals surface area contributed by atoms with E-state index in [1.165, 1.54) is 0 Å². The number of rotatable bonds is 6. The second kappa shape index (κ2) is 5.91. The van der Waals surface area contributed by atoms with Crippen LogP contribution in [0.5, 0.6) is 5.88 Å². The molecule has 102 valence electrons. The topological polar surface area (TPSA) is 80.4 Å². The van der Waals surface area contributed by atoms with Crippen molar-refractivity contribution in [3.05, 3.63) is 12.1 Å². The Morgan fingerprint density at radius 3 is 2.67 bits per heavy atom. The number of ether oxygens (including phenoxy) is 1. The van der Waals surface area contributed by atoms with Crippen LogP contribution in [0.15, 0.2) is 12.1 Å². The van der Waals surface area contributed by atoms with Gasteiger partial charge in [-0.15, -0.1) is 0 Å². The molecule has 0 aliphatic heterocycles. The summed E-state index contributed by atoms with van der Waals surface area (Å²) in [5.74, 6) is 1.13. The molecule has 0 atom stereocenters. The number of nitrogens with two attached hydrogens (primary N) is 1. The fraction of sp³-hybridized carbons (Fsp3) is 0.615. The van der Waals surface area contributed by atoms with Crippen molar-refractivity contribution in [2.75, 3.05) is 17.7 Å². The molecule has 0 aliphatic carbocycles. The maximum atomic E-state index is 8.99.